The molecule has 1 atom stereocenters. The Kier molecular flexibility index (Phi) is 3.57. The molecule has 0 spiro atoms. The van der Waals surface area contributed by atoms with Gasteiger partial charge in [-0.25, -0.2) is 4.98 Å². The second kappa shape index (κ2) is 5.12. The Morgan fingerprint density at radius 2 is 2.31 bits per heavy atom. The third-order valence-corrected chi connectivity index (χ3v) is 3.07. The molecule has 2 heterocycles. The van der Waals surface area contributed by atoms with Crippen molar-refractivity contribution in [2.24, 2.45) is 0 Å². The summed E-state index contributed by atoms with van der Waals surface area (Å²) in [6.45, 7) is 4.21. The van der Waals surface area contributed by atoms with Gasteiger partial charge in [-0.2, -0.15) is 0 Å². The van der Waals surface area contributed by atoms with E-state index in [9.17, 15) is 0 Å². The van der Waals surface area contributed by atoms with E-state index in [4.69, 9.17) is 0 Å². The summed E-state index contributed by atoms with van der Waals surface area (Å²) in [6, 6.07) is 4.50. The van der Waals surface area contributed by atoms with Gasteiger partial charge in [0.1, 0.15) is 5.82 Å². The van der Waals surface area contributed by atoms with Crippen LogP contribution in [0.15, 0.2) is 30.5 Å². The molecule has 1 aromatic heterocycles. The number of nitrogens with zero attached hydrogens (tertiary/aromatic N) is 2. The Morgan fingerprint density at radius 1 is 1.44 bits per heavy atom. The molecule has 86 valence electrons. The Hall–Kier alpha value is -1.35. The molecule has 16 heavy (non-hydrogen) atoms. The van der Waals surface area contributed by atoms with Crippen LogP contribution in [0, 0.1) is 0 Å². The van der Waals surface area contributed by atoms with E-state index >= 15 is 0 Å². The molecule has 1 unspecified atom stereocenters. The number of aromatic nitrogens is 1. The van der Waals surface area contributed by atoms with Gasteiger partial charge < -0.3 is 10.2 Å². The zero-order valence-electron chi connectivity index (χ0n) is 9.98. The minimum absolute atomic E-state index is 0.342. The van der Waals surface area contributed by atoms with Crippen molar-refractivity contribution in [2.45, 2.75) is 19.4 Å². The second-order valence-electron chi connectivity index (χ2n) is 4.13. The Labute approximate surface area is 97.2 Å². The SMILES string of the molecule is CNC(C)c1cccnc1N1CC=CCC1. The maximum Gasteiger partial charge on any atom is 0.133 e. The largest absolute Gasteiger partial charge is 0.352 e. The molecule has 1 aromatic rings. The van der Waals surface area contributed by atoms with Crippen molar-refractivity contribution in [3.63, 3.8) is 0 Å². The summed E-state index contributed by atoms with van der Waals surface area (Å²) in [6.07, 6.45) is 7.44. The third-order valence-electron chi connectivity index (χ3n) is 3.07. The summed E-state index contributed by atoms with van der Waals surface area (Å²) in [4.78, 5) is 6.86. The van der Waals surface area contributed by atoms with E-state index in [1.807, 2.05) is 19.3 Å². The molecule has 2 rings (SSSR count). The molecule has 3 nitrogen and oxygen atoms in total. The van der Waals surface area contributed by atoms with Gasteiger partial charge in [-0.1, -0.05) is 18.2 Å². The van der Waals surface area contributed by atoms with Gasteiger partial charge in [-0.15, -0.1) is 0 Å². The quantitative estimate of drug-likeness (QED) is 0.786. The van der Waals surface area contributed by atoms with Gasteiger partial charge in [0.15, 0.2) is 0 Å². The summed E-state index contributed by atoms with van der Waals surface area (Å²) < 4.78 is 0. The molecule has 0 radical (unpaired) electrons. The van der Waals surface area contributed by atoms with Crippen LogP contribution in [0.4, 0.5) is 5.82 Å². The van der Waals surface area contributed by atoms with Gasteiger partial charge in [0.05, 0.1) is 0 Å². The van der Waals surface area contributed by atoms with E-state index in [1.165, 1.54) is 5.56 Å². The number of pyridine rings is 1. The van der Waals surface area contributed by atoms with Crippen molar-refractivity contribution in [1.29, 1.82) is 0 Å². The molecule has 1 N–H and O–H groups in total. The first-order chi connectivity index (χ1) is 7.83. The lowest BCUT2D eigenvalue weighted by molar-refractivity contribution is 0.643. The standard InChI is InChI=1S/C13H19N3/c1-11(14-2)12-7-6-8-15-13(12)16-9-4-3-5-10-16/h3-4,6-8,11,14H,5,9-10H2,1-2H3. The maximum absolute atomic E-state index is 4.52. The van der Waals surface area contributed by atoms with Crippen molar-refractivity contribution < 1.29 is 0 Å². The molecule has 0 aromatic carbocycles. The Bertz CT molecular complexity index is 373. The highest BCUT2D eigenvalue weighted by Gasteiger charge is 2.15. The topological polar surface area (TPSA) is 28.2 Å². The highest BCUT2D eigenvalue weighted by Crippen LogP contribution is 2.24. The van der Waals surface area contributed by atoms with Crippen molar-refractivity contribution in [3.8, 4) is 0 Å². The number of rotatable bonds is 3. The normalized spacial score (nSPS) is 17.5. The van der Waals surface area contributed by atoms with E-state index in [-0.39, 0.29) is 0 Å². The maximum atomic E-state index is 4.52. The fraction of sp³-hybridized carbons (Fsp3) is 0.462. The predicted molar refractivity (Wildman–Crippen MR) is 67.7 cm³/mol. The van der Waals surface area contributed by atoms with Gasteiger partial charge in [0.2, 0.25) is 0 Å². The van der Waals surface area contributed by atoms with Crippen LogP contribution in [0.5, 0.6) is 0 Å². The van der Waals surface area contributed by atoms with Crippen LogP contribution in [0.2, 0.25) is 0 Å². The van der Waals surface area contributed by atoms with Gasteiger partial charge in [0.25, 0.3) is 0 Å². The average Bonchev–Trinajstić information content (AvgIpc) is 2.39. The summed E-state index contributed by atoms with van der Waals surface area (Å²) >= 11 is 0. The first kappa shape index (κ1) is 11.1. The molecular formula is C13H19N3. The first-order valence-corrected chi connectivity index (χ1v) is 5.85. The summed E-state index contributed by atoms with van der Waals surface area (Å²) in [5.41, 5.74) is 1.28. The number of anilines is 1. The van der Waals surface area contributed by atoms with E-state index < -0.39 is 0 Å². The van der Waals surface area contributed by atoms with Crippen molar-refractivity contribution in [2.75, 3.05) is 25.0 Å². The smallest absolute Gasteiger partial charge is 0.133 e. The number of hydrogen-bond acceptors (Lipinski definition) is 3. The summed E-state index contributed by atoms with van der Waals surface area (Å²) in [7, 11) is 1.98. The lowest BCUT2D eigenvalue weighted by Gasteiger charge is -2.28. The molecule has 0 bridgehead atoms. The van der Waals surface area contributed by atoms with E-state index in [2.05, 4.69) is 40.3 Å². The molecule has 0 amide bonds. The van der Waals surface area contributed by atoms with Gasteiger partial charge >= 0.3 is 0 Å². The van der Waals surface area contributed by atoms with Gasteiger partial charge in [-0.05, 0) is 26.5 Å². The number of nitrogens with one attached hydrogen (secondary N) is 1. The highest BCUT2D eigenvalue weighted by atomic mass is 15.2. The van der Waals surface area contributed by atoms with Gasteiger partial charge in [-0.3, -0.25) is 0 Å². The molecule has 0 saturated heterocycles. The molecule has 0 saturated carbocycles. The minimum Gasteiger partial charge on any atom is -0.352 e. The fourth-order valence-corrected chi connectivity index (χ4v) is 2.00. The van der Waals surface area contributed by atoms with Crippen molar-refractivity contribution in [1.82, 2.24) is 10.3 Å². The van der Waals surface area contributed by atoms with Crippen molar-refractivity contribution >= 4 is 5.82 Å². The van der Waals surface area contributed by atoms with Crippen LogP contribution >= 0.6 is 0 Å². The fourth-order valence-electron chi connectivity index (χ4n) is 2.00. The van der Waals surface area contributed by atoms with E-state index in [0.29, 0.717) is 6.04 Å². The Balaban J connectivity index is 2.28. The zero-order chi connectivity index (χ0) is 11.4. The van der Waals surface area contributed by atoms with Crippen molar-refractivity contribution in [3.05, 3.63) is 36.0 Å². The zero-order valence-corrected chi connectivity index (χ0v) is 9.98. The molecule has 1 aliphatic rings. The van der Waals surface area contributed by atoms with Crippen LogP contribution in [-0.4, -0.2) is 25.1 Å². The average molecular weight is 217 g/mol. The van der Waals surface area contributed by atoms with E-state index in [0.717, 1.165) is 25.3 Å². The van der Waals surface area contributed by atoms with Crippen LogP contribution in [0.25, 0.3) is 0 Å². The summed E-state index contributed by atoms with van der Waals surface area (Å²) in [5.74, 6) is 1.12. The lowest BCUT2D eigenvalue weighted by atomic mass is 10.1. The van der Waals surface area contributed by atoms with E-state index in [1.54, 1.807) is 0 Å². The van der Waals surface area contributed by atoms with Crippen LogP contribution in [0.1, 0.15) is 24.9 Å². The lowest BCUT2D eigenvalue weighted by Crippen LogP contribution is -2.30. The predicted octanol–water partition coefficient (Wildman–Crippen LogP) is 2.13. The van der Waals surface area contributed by atoms with Crippen LogP contribution in [0.3, 0.4) is 0 Å². The Morgan fingerprint density at radius 3 is 3.00 bits per heavy atom. The number of hydrogen-bond donors (Lipinski definition) is 1. The first-order valence-electron chi connectivity index (χ1n) is 5.85. The summed E-state index contributed by atoms with van der Waals surface area (Å²) in [5, 5.41) is 3.28. The highest BCUT2D eigenvalue weighted by molar-refractivity contribution is 5.49. The molecule has 1 aliphatic heterocycles. The van der Waals surface area contributed by atoms with Gasteiger partial charge in [0, 0.05) is 30.9 Å². The molecule has 0 aliphatic carbocycles. The second-order valence-corrected chi connectivity index (χ2v) is 4.13. The minimum atomic E-state index is 0.342. The molecule has 3 heteroatoms. The van der Waals surface area contributed by atoms with Crippen LogP contribution in [-0.2, 0) is 0 Å². The van der Waals surface area contributed by atoms with Crippen LogP contribution < -0.4 is 10.2 Å². The monoisotopic (exact) mass is 217 g/mol. The molecular weight excluding hydrogens is 198 g/mol. The molecule has 0 fully saturated rings. The third kappa shape index (κ3) is 2.25.